The molecule has 0 aliphatic rings. The number of thiazole rings is 1. The van der Waals surface area contributed by atoms with Crippen LogP contribution in [0.4, 0.5) is 0 Å². The summed E-state index contributed by atoms with van der Waals surface area (Å²) in [6, 6.07) is 9.99. The molecule has 0 radical (unpaired) electrons. The standard InChI is InChI=1S/C17H18N2OS/c1-12(2)10-20-16-6-4-5-14(8-16)7-15(9-18)17-19-13(3)11-21-17/h4-8,11-12H,10H2,1-3H3/b15-7-. The second-order valence-corrected chi connectivity index (χ2v) is 6.10. The van der Waals surface area contributed by atoms with Gasteiger partial charge in [0, 0.05) is 11.1 Å². The second kappa shape index (κ2) is 7.05. The minimum absolute atomic E-state index is 0.483. The molecule has 2 aromatic rings. The first-order valence-corrected chi connectivity index (χ1v) is 7.73. The normalized spacial score (nSPS) is 11.5. The smallest absolute Gasteiger partial charge is 0.134 e. The third-order valence-corrected chi connectivity index (χ3v) is 3.72. The van der Waals surface area contributed by atoms with Crippen LogP contribution in [0.3, 0.4) is 0 Å². The largest absolute Gasteiger partial charge is 0.493 e. The lowest BCUT2D eigenvalue weighted by molar-refractivity contribution is 0.271. The number of allylic oxidation sites excluding steroid dienone is 1. The number of aromatic nitrogens is 1. The van der Waals surface area contributed by atoms with Crippen LogP contribution in [0.1, 0.15) is 30.1 Å². The molecule has 0 amide bonds. The van der Waals surface area contributed by atoms with Crippen molar-refractivity contribution in [3.63, 3.8) is 0 Å². The van der Waals surface area contributed by atoms with Crippen LogP contribution < -0.4 is 4.74 Å². The Morgan fingerprint density at radius 3 is 2.90 bits per heavy atom. The van der Waals surface area contributed by atoms with Gasteiger partial charge in [0.2, 0.25) is 0 Å². The van der Waals surface area contributed by atoms with Gasteiger partial charge in [-0.2, -0.15) is 5.26 Å². The molecule has 0 spiro atoms. The average molecular weight is 298 g/mol. The number of hydrogen-bond acceptors (Lipinski definition) is 4. The number of ether oxygens (including phenoxy) is 1. The minimum atomic E-state index is 0.483. The van der Waals surface area contributed by atoms with Gasteiger partial charge >= 0.3 is 0 Å². The fourth-order valence-electron chi connectivity index (χ4n) is 1.74. The molecule has 0 aliphatic heterocycles. The van der Waals surface area contributed by atoms with Gasteiger partial charge in [0.25, 0.3) is 0 Å². The third-order valence-electron chi connectivity index (χ3n) is 2.72. The van der Waals surface area contributed by atoms with Crippen molar-refractivity contribution in [2.45, 2.75) is 20.8 Å². The van der Waals surface area contributed by atoms with Crippen molar-refractivity contribution >= 4 is 23.0 Å². The fourth-order valence-corrected chi connectivity index (χ4v) is 2.51. The molecule has 1 aromatic carbocycles. The molecule has 0 N–H and O–H groups in total. The second-order valence-electron chi connectivity index (χ2n) is 5.24. The predicted octanol–water partition coefficient (Wildman–Crippen LogP) is 4.55. The van der Waals surface area contributed by atoms with Crippen LogP contribution in [-0.2, 0) is 0 Å². The van der Waals surface area contributed by atoms with Crippen molar-refractivity contribution in [2.75, 3.05) is 6.61 Å². The lowest BCUT2D eigenvalue weighted by atomic mass is 10.1. The zero-order valence-electron chi connectivity index (χ0n) is 12.5. The Bertz CT molecular complexity index is 680. The maximum absolute atomic E-state index is 9.31. The number of hydrogen-bond donors (Lipinski definition) is 0. The maximum Gasteiger partial charge on any atom is 0.134 e. The molecule has 1 heterocycles. The fraction of sp³-hybridized carbons (Fsp3) is 0.294. The van der Waals surface area contributed by atoms with E-state index in [1.54, 1.807) is 0 Å². The SMILES string of the molecule is Cc1csc(/C(C#N)=C\c2cccc(OCC(C)C)c2)n1. The summed E-state index contributed by atoms with van der Waals surface area (Å²) in [4.78, 5) is 4.36. The molecule has 0 fully saturated rings. The Morgan fingerprint density at radius 2 is 2.29 bits per heavy atom. The monoisotopic (exact) mass is 298 g/mol. The molecule has 21 heavy (non-hydrogen) atoms. The van der Waals surface area contributed by atoms with Gasteiger partial charge in [0.05, 0.1) is 12.2 Å². The highest BCUT2D eigenvalue weighted by atomic mass is 32.1. The predicted molar refractivity (Wildman–Crippen MR) is 87.1 cm³/mol. The van der Waals surface area contributed by atoms with E-state index in [1.165, 1.54) is 11.3 Å². The quantitative estimate of drug-likeness (QED) is 0.761. The molecule has 108 valence electrons. The highest BCUT2D eigenvalue weighted by Crippen LogP contribution is 2.23. The lowest BCUT2D eigenvalue weighted by Crippen LogP contribution is -2.04. The minimum Gasteiger partial charge on any atom is -0.493 e. The van der Waals surface area contributed by atoms with Crippen molar-refractivity contribution < 1.29 is 4.74 Å². The molecule has 0 unspecified atom stereocenters. The average Bonchev–Trinajstić information content (AvgIpc) is 2.89. The summed E-state index contributed by atoms with van der Waals surface area (Å²) < 4.78 is 5.71. The van der Waals surface area contributed by atoms with Crippen molar-refractivity contribution in [1.29, 1.82) is 5.26 Å². The first-order valence-electron chi connectivity index (χ1n) is 6.85. The molecule has 0 atom stereocenters. The van der Waals surface area contributed by atoms with Crippen molar-refractivity contribution in [3.05, 3.63) is 45.9 Å². The van der Waals surface area contributed by atoms with E-state index in [4.69, 9.17) is 4.74 Å². The van der Waals surface area contributed by atoms with E-state index in [-0.39, 0.29) is 0 Å². The van der Waals surface area contributed by atoms with Crippen LogP contribution in [0.5, 0.6) is 5.75 Å². The van der Waals surface area contributed by atoms with Gasteiger partial charge in [-0.1, -0.05) is 26.0 Å². The van der Waals surface area contributed by atoms with E-state index in [1.807, 2.05) is 42.6 Å². The number of aryl methyl sites for hydroxylation is 1. The molecule has 0 bridgehead atoms. The molecule has 1 aromatic heterocycles. The van der Waals surface area contributed by atoms with E-state index < -0.39 is 0 Å². The summed E-state index contributed by atoms with van der Waals surface area (Å²) in [5.41, 5.74) is 2.46. The summed E-state index contributed by atoms with van der Waals surface area (Å²) in [5, 5.41) is 12.0. The van der Waals surface area contributed by atoms with E-state index in [2.05, 4.69) is 24.9 Å². The zero-order chi connectivity index (χ0) is 15.2. The topological polar surface area (TPSA) is 45.9 Å². The molecule has 2 rings (SSSR count). The number of nitriles is 1. The van der Waals surface area contributed by atoms with E-state index in [9.17, 15) is 5.26 Å². The Kier molecular flexibility index (Phi) is 5.13. The molecular formula is C17H18N2OS. The van der Waals surface area contributed by atoms with Crippen LogP contribution in [0.15, 0.2) is 29.6 Å². The van der Waals surface area contributed by atoms with Gasteiger partial charge in [-0.05, 0) is 36.6 Å². The first kappa shape index (κ1) is 15.3. The number of nitrogens with zero attached hydrogens (tertiary/aromatic N) is 2. The summed E-state index contributed by atoms with van der Waals surface area (Å²) in [7, 11) is 0. The molecular weight excluding hydrogens is 280 g/mol. The van der Waals surface area contributed by atoms with E-state index in [0.29, 0.717) is 18.1 Å². The van der Waals surface area contributed by atoms with Crippen LogP contribution in [0.2, 0.25) is 0 Å². The molecule has 4 heteroatoms. The van der Waals surface area contributed by atoms with Crippen LogP contribution in [0, 0.1) is 24.2 Å². The molecule has 0 saturated heterocycles. The van der Waals surface area contributed by atoms with Crippen LogP contribution in [-0.4, -0.2) is 11.6 Å². The van der Waals surface area contributed by atoms with Gasteiger partial charge in [0.1, 0.15) is 16.8 Å². The van der Waals surface area contributed by atoms with E-state index in [0.717, 1.165) is 22.0 Å². The van der Waals surface area contributed by atoms with Crippen molar-refractivity contribution in [1.82, 2.24) is 4.98 Å². The third kappa shape index (κ3) is 4.44. The Morgan fingerprint density at radius 1 is 1.48 bits per heavy atom. The van der Waals surface area contributed by atoms with Crippen molar-refractivity contribution in [2.24, 2.45) is 5.92 Å². The van der Waals surface area contributed by atoms with Gasteiger partial charge in [-0.15, -0.1) is 11.3 Å². The lowest BCUT2D eigenvalue weighted by Gasteiger charge is -2.09. The summed E-state index contributed by atoms with van der Waals surface area (Å²) in [6.45, 7) is 6.84. The van der Waals surface area contributed by atoms with E-state index >= 15 is 0 Å². The summed E-state index contributed by atoms with van der Waals surface area (Å²) in [6.07, 6.45) is 1.85. The highest BCUT2D eigenvalue weighted by Gasteiger charge is 2.06. The van der Waals surface area contributed by atoms with Crippen molar-refractivity contribution in [3.8, 4) is 11.8 Å². The van der Waals surface area contributed by atoms with Gasteiger partial charge in [-0.3, -0.25) is 0 Å². The Balaban J connectivity index is 2.23. The van der Waals surface area contributed by atoms with Gasteiger partial charge in [-0.25, -0.2) is 4.98 Å². The zero-order valence-corrected chi connectivity index (χ0v) is 13.3. The first-order chi connectivity index (χ1) is 10.1. The summed E-state index contributed by atoms with van der Waals surface area (Å²) in [5.74, 6) is 1.31. The highest BCUT2D eigenvalue weighted by molar-refractivity contribution is 7.11. The van der Waals surface area contributed by atoms with Crippen LogP contribution >= 0.6 is 11.3 Å². The number of benzene rings is 1. The van der Waals surface area contributed by atoms with Crippen LogP contribution in [0.25, 0.3) is 11.6 Å². The molecule has 3 nitrogen and oxygen atoms in total. The number of rotatable bonds is 5. The molecule has 0 aliphatic carbocycles. The van der Waals surface area contributed by atoms with Gasteiger partial charge in [0.15, 0.2) is 0 Å². The van der Waals surface area contributed by atoms with Gasteiger partial charge < -0.3 is 4.74 Å². The Hall–Kier alpha value is -2.12. The Labute approximate surface area is 129 Å². The summed E-state index contributed by atoms with van der Waals surface area (Å²) >= 11 is 1.49. The maximum atomic E-state index is 9.31. The molecule has 0 saturated carbocycles.